The van der Waals surface area contributed by atoms with E-state index in [1.807, 2.05) is 13.8 Å². The number of rotatable bonds is 10. The number of fused-ring (bicyclic) bond motifs is 1. The number of hydrogen-bond donors (Lipinski definition) is 3. The number of nitrogens with zero attached hydrogens (tertiary/aromatic N) is 2. The van der Waals surface area contributed by atoms with Gasteiger partial charge in [-0.2, -0.15) is 4.58 Å². The standard InChI is InChI=1S/C32H33FN2O7/c1-32(2)23-17-20(33)10-13-24(23)34(16-6-4-5-7-28(38)42-35-26(36)14-15-27(35)37)25(32)18-22-30(39)29(31(22)40)19-8-11-21(41-3)12-9-19/h8-15,17-18,29-30,39-40H,4-7,16H2,1-3H3/p+1. The molecule has 1 aliphatic carbocycles. The summed E-state index contributed by atoms with van der Waals surface area (Å²) in [7, 11) is 1.56. The third-order valence-corrected chi connectivity index (χ3v) is 8.08. The van der Waals surface area contributed by atoms with Gasteiger partial charge in [0.1, 0.15) is 18.1 Å². The lowest BCUT2D eigenvalue weighted by atomic mass is 9.70. The van der Waals surface area contributed by atoms with E-state index in [1.54, 1.807) is 43.5 Å². The molecule has 10 heteroatoms. The number of ketones is 1. The maximum atomic E-state index is 14.3. The molecule has 0 bridgehead atoms. The second-order valence-corrected chi connectivity index (χ2v) is 11.1. The predicted molar refractivity (Wildman–Crippen MR) is 152 cm³/mol. The third kappa shape index (κ3) is 5.30. The molecule has 9 nitrogen and oxygen atoms in total. The molecule has 0 amide bonds. The van der Waals surface area contributed by atoms with Crippen molar-refractivity contribution >= 4 is 23.2 Å². The van der Waals surface area contributed by atoms with Gasteiger partial charge in [0.2, 0.25) is 17.4 Å². The van der Waals surface area contributed by atoms with E-state index < -0.39 is 23.4 Å². The van der Waals surface area contributed by atoms with Gasteiger partial charge in [-0.3, -0.25) is 4.79 Å². The van der Waals surface area contributed by atoms with Gasteiger partial charge in [0, 0.05) is 48.3 Å². The molecule has 2 aromatic carbocycles. The molecule has 1 aliphatic heterocycles. The number of unbranched alkanes of at least 4 members (excludes halogenated alkanes) is 2. The molecule has 1 fully saturated rings. The van der Waals surface area contributed by atoms with E-state index in [0.717, 1.165) is 17.0 Å². The Morgan fingerprint density at radius 3 is 2.38 bits per heavy atom. The van der Waals surface area contributed by atoms with E-state index in [0.29, 0.717) is 47.4 Å². The molecule has 2 atom stereocenters. The summed E-state index contributed by atoms with van der Waals surface area (Å²) in [4.78, 5) is 30.4. The normalized spacial score (nSPS) is 20.0. The van der Waals surface area contributed by atoms with Crippen LogP contribution in [-0.4, -0.2) is 61.8 Å². The van der Waals surface area contributed by atoms with Crippen LogP contribution in [0, 0.1) is 5.82 Å². The first kappa shape index (κ1) is 29.1. The number of Topliss-reactive ketones (excluding diaryl/α,β-unsaturated/α-hetero) is 1. The Bertz CT molecular complexity index is 1570. The van der Waals surface area contributed by atoms with Gasteiger partial charge in [0.25, 0.3) is 0 Å². The number of carbonyl (C=O) groups excluding carboxylic acids is 2. The number of hydrogen-bond acceptors (Lipinski definition) is 7. The topological polar surface area (TPSA) is 121 Å². The van der Waals surface area contributed by atoms with E-state index in [1.165, 1.54) is 24.3 Å². The van der Waals surface area contributed by atoms with Gasteiger partial charge in [-0.25, -0.2) is 9.18 Å². The molecular formula is C32H34FN2O7+. The van der Waals surface area contributed by atoms with Crippen LogP contribution in [0.4, 0.5) is 10.1 Å². The molecular weight excluding hydrogens is 543 g/mol. The van der Waals surface area contributed by atoms with Gasteiger partial charge >= 0.3 is 5.97 Å². The van der Waals surface area contributed by atoms with Crippen LogP contribution in [0.2, 0.25) is 0 Å². The highest BCUT2D eigenvalue weighted by Gasteiger charge is 2.49. The summed E-state index contributed by atoms with van der Waals surface area (Å²) in [6.45, 7) is 4.48. The smallest absolute Gasteiger partial charge is 0.333 e. The number of halogens is 1. The Morgan fingerprint density at radius 2 is 1.74 bits per heavy atom. The van der Waals surface area contributed by atoms with Gasteiger partial charge in [0.05, 0.1) is 24.5 Å². The van der Waals surface area contributed by atoms with Crippen LogP contribution in [0.1, 0.15) is 56.6 Å². The monoisotopic (exact) mass is 577 g/mol. The number of methoxy groups -OCH3 is 1. The first-order chi connectivity index (χ1) is 20.0. The quantitative estimate of drug-likeness (QED) is 0.187. The van der Waals surface area contributed by atoms with Gasteiger partial charge in [0.15, 0.2) is 11.5 Å². The average molecular weight is 578 g/mol. The Morgan fingerprint density at radius 1 is 1.05 bits per heavy atom. The van der Waals surface area contributed by atoms with Crippen molar-refractivity contribution in [2.24, 2.45) is 0 Å². The van der Waals surface area contributed by atoms with Crippen molar-refractivity contribution in [3.63, 3.8) is 0 Å². The summed E-state index contributed by atoms with van der Waals surface area (Å²) in [6.07, 6.45) is 2.71. The zero-order valence-corrected chi connectivity index (χ0v) is 23.7. The van der Waals surface area contributed by atoms with Gasteiger partial charge < -0.3 is 24.9 Å². The lowest BCUT2D eigenvalue weighted by Gasteiger charge is -2.34. The predicted octanol–water partition coefficient (Wildman–Crippen LogP) is 4.29. The zero-order chi connectivity index (χ0) is 30.2. The Hall–Kier alpha value is -4.44. The molecule has 1 saturated carbocycles. The summed E-state index contributed by atoms with van der Waals surface area (Å²) in [5, 5.41) is 30.3. The molecule has 3 N–H and O–H groups in total. The number of aromatic hydroxyl groups is 2. The largest absolute Gasteiger partial charge is 0.497 e. The zero-order valence-electron chi connectivity index (χ0n) is 23.7. The van der Waals surface area contributed by atoms with Gasteiger partial charge in [-0.15, -0.1) is 4.73 Å². The van der Waals surface area contributed by atoms with Crippen LogP contribution >= 0.6 is 0 Å². The lowest BCUT2D eigenvalue weighted by molar-refractivity contribution is -0.438. The van der Waals surface area contributed by atoms with Crippen molar-refractivity contribution in [3.05, 3.63) is 83.2 Å². The highest BCUT2D eigenvalue weighted by atomic mass is 19.1. The molecule has 0 spiro atoms. The van der Waals surface area contributed by atoms with Crippen molar-refractivity contribution in [3.8, 4) is 17.5 Å². The summed E-state index contributed by atoms with van der Waals surface area (Å²) in [6, 6.07) is 14.1. The average Bonchev–Trinajstić information content (AvgIpc) is 3.38. The first-order valence-corrected chi connectivity index (χ1v) is 13.9. The second kappa shape index (κ2) is 11.4. The van der Waals surface area contributed by atoms with Crippen LogP contribution in [0.3, 0.4) is 0 Å². The molecule has 2 aliphatic rings. The van der Waals surface area contributed by atoms with Crippen LogP contribution in [0.25, 0.3) is 0 Å². The molecule has 42 heavy (non-hydrogen) atoms. The van der Waals surface area contributed by atoms with Crippen molar-refractivity contribution in [2.75, 3.05) is 13.7 Å². The van der Waals surface area contributed by atoms with E-state index >= 15 is 0 Å². The highest BCUT2D eigenvalue weighted by molar-refractivity contribution is 6.15. The van der Waals surface area contributed by atoms with Crippen LogP contribution in [0.15, 0.2) is 66.2 Å². The molecule has 0 saturated heterocycles. The number of benzene rings is 2. The van der Waals surface area contributed by atoms with Crippen molar-refractivity contribution < 1.29 is 43.4 Å². The van der Waals surface area contributed by atoms with E-state index in [-0.39, 0.29) is 29.8 Å². The maximum absolute atomic E-state index is 14.3. The maximum Gasteiger partial charge on any atom is 0.333 e. The van der Waals surface area contributed by atoms with Crippen molar-refractivity contribution in [1.29, 1.82) is 0 Å². The minimum atomic E-state index is -0.971. The fraction of sp³-hybridized carbons (Fsp3) is 0.344. The van der Waals surface area contributed by atoms with Crippen LogP contribution in [-0.2, 0) is 15.0 Å². The Labute approximate surface area is 242 Å². The minimum Gasteiger partial charge on any atom is -0.497 e. The summed E-state index contributed by atoms with van der Waals surface area (Å²) in [5.74, 6) is -1.86. The summed E-state index contributed by atoms with van der Waals surface area (Å²) in [5.41, 5.74) is 2.81. The van der Waals surface area contributed by atoms with Crippen LogP contribution < -0.4 is 9.57 Å². The number of carbonyl (C=O) groups is 2. The fourth-order valence-electron chi connectivity index (χ4n) is 5.71. The number of allylic oxidation sites excluding steroid dienone is 1. The Kier molecular flexibility index (Phi) is 7.92. The molecule has 2 heterocycles. The summed E-state index contributed by atoms with van der Waals surface area (Å²) < 4.78 is 22.2. The third-order valence-electron chi connectivity index (χ3n) is 8.08. The molecule has 3 aromatic rings. The van der Waals surface area contributed by atoms with Gasteiger partial charge in [-0.05, 0) is 56.5 Å². The minimum absolute atomic E-state index is 0.0818. The van der Waals surface area contributed by atoms with E-state index in [4.69, 9.17) is 9.57 Å². The number of aliphatic hydroxyl groups is 1. The SMILES string of the molecule is COc1ccc(C2C(=O)C(=CC3=[N+](CCCCCC(=O)On4c(O)ccc4O)c4ccc(F)cc4C3(C)C)C2O)cc1. The van der Waals surface area contributed by atoms with Crippen LogP contribution in [0.5, 0.6) is 17.5 Å². The molecule has 5 rings (SSSR count). The summed E-state index contributed by atoms with van der Waals surface area (Å²) >= 11 is 0. The van der Waals surface area contributed by atoms with Gasteiger partial charge in [-0.1, -0.05) is 12.1 Å². The lowest BCUT2D eigenvalue weighted by Crippen LogP contribution is -2.44. The molecule has 2 unspecified atom stereocenters. The number of aromatic nitrogens is 1. The van der Waals surface area contributed by atoms with E-state index in [2.05, 4.69) is 4.58 Å². The van der Waals surface area contributed by atoms with Crippen molar-refractivity contribution in [1.82, 2.24) is 4.73 Å². The van der Waals surface area contributed by atoms with E-state index in [9.17, 15) is 29.3 Å². The number of ether oxygens (including phenoxy) is 1. The highest BCUT2D eigenvalue weighted by Crippen LogP contribution is 2.44. The second-order valence-electron chi connectivity index (χ2n) is 11.1. The molecule has 220 valence electrons. The first-order valence-electron chi connectivity index (χ1n) is 13.9. The molecule has 0 radical (unpaired) electrons. The Balaban J connectivity index is 1.31. The van der Waals surface area contributed by atoms with Crippen molar-refractivity contribution in [2.45, 2.75) is 57.0 Å². The molecule has 1 aromatic heterocycles. The fourth-order valence-corrected chi connectivity index (χ4v) is 5.71. The number of aliphatic hydroxyl groups excluding tert-OH is 1.